The van der Waals surface area contributed by atoms with Crippen LogP contribution in [0.15, 0.2) is 17.2 Å². The average Bonchev–Trinajstić information content (AvgIpc) is 2.77. The molecule has 0 saturated heterocycles. The summed E-state index contributed by atoms with van der Waals surface area (Å²) < 4.78 is 1.37. The number of aliphatic hydroxyl groups excluding tert-OH is 1. The maximum Gasteiger partial charge on any atom is 0.271 e. The van der Waals surface area contributed by atoms with Crippen molar-refractivity contribution in [3.8, 4) is 0 Å². The van der Waals surface area contributed by atoms with Crippen molar-refractivity contribution in [3.63, 3.8) is 0 Å². The fourth-order valence-corrected chi connectivity index (χ4v) is 2.46. The number of thiazole rings is 1. The predicted molar refractivity (Wildman–Crippen MR) is 77.3 cm³/mol. The Morgan fingerprint density at radius 3 is 2.90 bits per heavy atom. The maximum absolute atomic E-state index is 12.2. The van der Waals surface area contributed by atoms with Gasteiger partial charge in [0.2, 0.25) is 0 Å². The molecule has 0 aliphatic heterocycles. The summed E-state index contributed by atoms with van der Waals surface area (Å²) in [6.07, 6.45) is 2.31. The van der Waals surface area contributed by atoms with Gasteiger partial charge in [-0.1, -0.05) is 13.8 Å². The van der Waals surface area contributed by atoms with E-state index in [2.05, 4.69) is 10.3 Å². The average molecular weight is 295 g/mol. The van der Waals surface area contributed by atoms with Gasteiger partial charge in [0.1, 0.15) is 5.56 Å². The van der Waals surface area contributed by atoms with Crippen LogP contribution in [0.3, 0.4) is 0 Å². The molecule has 2 N–H and O–H groups in total. The number of carbonyl (C=O) groups excluding carboxylic acids is 1. The van der Waals surface area contributed by atoms with Gasteiger partial charge in [-0.2, -0.15) is 0 Å². The van der Waals surface area contributed by atoms with Crippen molar-refractivity contribution in [1.29, 1.82) is 0 Å². The number of fused-ring (bicyclic) bond motifs is 1. The molecule has 1 atom stereocenters. The van der Waals surface area contributed by atoms with Crippen LogP contribution in [0.2, 0.25) is 0 Å². The zero-order chi connectivity index (χ0) is 14.9. The first kappa shape index (κ1) is 14.7. The Morgan fingerprint density at radius 1 is 1.55 bits per heavy atom. The summed E-state index contributed by atoms with van der Waals surface area (Å²) in [6.45, 7) is 5.69. The summed E-state index contributed by atoms with van der Waals surface area (Å²) in [7, 11) is 0. The molecule has 20 heavy (non-hydrogen) atoms. The molecule has 0 spiro atoms. The van der Waals surface area contributed by atoms with Crippen molar-refractivity contribution in [3.05, 3.63) is 33.2 Å². The first-order chi connectivity index (χ1) is 9.40. The van der Waals surface area contributed by atoms with Crippen LogP contribution in [-0.2, 0) is 0 Å². The van der Waals surface area contributed by atoms with Gasteiger partial charge in [-0.05, 0) is 12.8 Å². The number of hydrogen-bond acceptors (Lipinski definition) is 5. The molecule has 7 heteroatoms. The SMILES string of the molecule is Cc1cn2c(=O)c(C(=O)NCC(O)C(C)C)cnc2s1. The second kappa shape index (κ2) is 5.72. The summed E-state index contributed by atoms with van der Waals surface area (Å²) in [4.78, 5) is 29.8. The van der Waals surface area contributed by atoms with Crippen molar-refractivity contribution < 1.29 is 9.90 Å². The molecule has 2 heterocycles. The Morgan fingerprint density at radius 2 is 2.25 bits per heavy atom. The van der Waals surface area contributed by atoms with Gasteiger partial charge in [0, 0.05) is 23.8 Å². The minimum atomic E-state index is -0.637. The zero-order valence-corrected chi connectivity index (χ0v) is 12.4. The Bertz CT molecular complexity index is 690. The number of amides is 1. The number of aromatic nitrogens is 2. The molecule has 1 amide bonds. The first-order valence-electron chi connectivity index (χ1n) is 6.34. The largest absolute Gasteiger partial charge is 0.391 e. The molecule has 0 bridgehead atoms. The molecular formula is C13H17N3O3S. The number of rotatable bonds is 4. The van der Waals surface area contributed by atoms with Crippen LogP contribution in [0.5, 0.6) is 0 Å². The molecule has 2 rings (SSSR count). The van der Waals surface area contributed by atoms with Gasteiger partial charge in [-0.15, -0.1) is 11.3 Å². The summed E-state index contributed by atoms with van der Waals surface area (Å²) in [5.74, 6) is -0.475. The van der Waals surface area contributed by atoms with Gasteiger partial charge < -0.3 is 10.4 Å². The second-order valence-corrected chi connectivity index (χ2v) is 6.21. The van der Waals surface area contributed by atoms with Crippen molar-refractivity contribution in [2.45, 2.75) is 26.9 Å². The molecule has 2 aromatic heterocycles. The highest BCUT2D eigenvalue weighted by molar-refractivity contribution is 7.16. The monoisotopic (exact) mass is 295 g/mol. The highest BCUT2D eigenvalue weighted by atomic mass is 32.1. The Balaban J connectivity index is 2.22. The molecule has 0 fully saturated rings. The number of nitrogens with zero attached hydrogens (tertiary/aromatic N) is 2. The molecule has 1 unspecified atom stereocenters. The predicted octanol–water partition coefficient (Wildman–Crippen LogP) is 0.811. The van der Waals surface area contributed by atoms with Crippen LogP contribution in [0.1, 0.15) is 29.1 Å². The first-order valence-corrected chi connectivity index (χ1v) is 7.16. The summed E-state index contributed by atoms with van der Waals surface area (Å²) >= 11 is 1.39. The summed E-state index contributed by atoms with van der Waals surface area (Å²) in [6, 6.07) is 0. The van der Waals surface area contributed by atoms with Crippen LogP contribution < -0.4 is 10.9 Å². The van der Waals surface area contributed by atoms with E-state index < -0.39 is 17.6 Å². The van der Waals surface area contributed by atoms with Crippen LogP contribution in [0.25, 0.3) is 4.96 Å². The van der Waals surface area contributed by atoms with E-state index in [1.54, 1.807) is 6.20 Å². The minimum absolute atomic E-state index is 0.0174. The normalized spacial score (nSPS) is 12.8. The van der Waals surface area contributed by atoms with Crippen LogP contribution >= 0.6 is 11.3 Å². The Hall–Kier alpha value is -1.73. The molecule has 0 saturated carbocycles. The highest BCUT2D eigenvalue weighted by Crippen LogP contribution is 2.12. The quantitative estimate of drug-likeness (QED) is 0.874. The lowest BCUT2D eigenvalue weighted by Crippen LogP contribution is -2.37. The smallest absolute Gasteiger partial charge is 0.271 e. The van der Waals surface area contributed by atoms with Gasteiger partial charge in [0.15, 0.2) is 4.96 Å². The Labute approximate surface area is 120 Å². The van der Waals surface area contributed by atoms with E-state index >= 15 is 0 Å². The third-order valence-corrected chi connectivity index (χ3v) is 3.92. The van der Waals surface area contributed by atoms with Gasteiger partial charge in [-0.3, -0.25) is 14.0 Å². The third kappa shape index (κ3) is 2.88. The fourth-order valence-electron chi connectivity index (χ4n) is 1.68. The van der Waals surface area contributed by atoms with E-state index in [1.807, 2.05) is 20.8 Å². The third-order valence-electron chi connectivity index (χ3n) is 3.01. The second-order valence-electron chi connectivity index (χ2n) is 4.99. The number of aliphatic hydroxyl groups is 1. The molecule has 0 aliphatic rings. The fraction of sp³-hybridized carbons (Fsp3) is 0.462. The lowest BCUT2D eigenvalue weighted by molar-refractivity contribution is 0.0870. The van der Waals surface area contributed by atoms with Gasteiger partial charge >= 0.3 is 0 Å². The Kier molecular flexibility index (Phi) is 4.20. The van der Waals surface area contributed by atoms with Gasteiger partial charge in [0.05, 0.1) is 6.10 Å². The van der Waals surface area contributed by atoms with E-state index in [0.717, 1.165) is 4.88 Å². The molecule has 0 radical (unpaired) electrons. The van der Waals surface area contributed by atoms with E-state index in [1.165, 1.54) is 21.9 Å². The van der Waals surface area contributed by atoms with Crippen LogP contribution in [0.4, 0.5) is 0 Å². The molecule has 6 nitrogen and oxygen atoms in total. The minimum Gasteiger partial charge on any atom is -0.391 e. The van der Waals surface area contributed by atoms with Crippen LogP contribution in [-0.4, -0.2) is 33.0 Å². The highest BCUT2D eigenvalue weighted by Gasteiger charge is 2.16. The number of carbonyl (C=O) groups is 1. The standard InChI is InChI=1S/C13H17N3O3S/c1-7(2)10(17)5-14-11(18)9-4-15-13-16(12(9)19)6-8(3)20-13/h4,6-7,10,17H,5H2,1-3H3,(H,14,18). The number of aryl methyl sites for hydroxylation is 1. The van der Waals surface area contributed by atoms with Crippen molar-refractivity contribution in [2.75, 3.05) is 6.54 Å². The molecule has 108 valence electrons. The molecule has 0 aromatic carbocycles. The van der Waals surface area contributed by atoms with E-state index in [0.29, 0.717) is 4.96 Å². The lowest BCUT2D eigenvalue weighted by Gasteiger charge is -2.14. The van der Waals surface area contributed by atoms with E-state index in [4.69, 9.17) is 0 Å². The zero-order valence-electron chi connectivity index (χ0n) is 11.6. The van der Waals surface area contributed by atoms with Crippen molar-refractivity contribution in [2.24, 2.45) is 5.92 Å². The summed E-state index contributed by atoms with van der Waals surface area (Å²) in [5, 5.41) is 12.2. The molecule has 2 aromatic rings. The van der Waals surface area contributed by atoms with E-state index in [-0.39, 0.29) is 18.0 Å². The lowest BCUT2D eigenvalue weighted by atomic mass is 10.1. The number of nitrogens with one attached hydrogen (secondary N) is 1. The molecule has 0 aliphatic carbocycles. The molecular weight excluding hydrogens is 278 g/mol. The van der Waals surface area contributed by atoms with Crippen LogP contribution in [0, 0.1) is 12.8 Å². The summed E-state index contributed by atoms with van der Waals surface area (Å²) in [5.41, 5.74) is -0.410. The van der Waals surface area contributed by atoms with Gasteiger partial charge in [-0.25, -0.2) is 4.98 Å². The van der Waals surface area contributed by atoms with Gasteiger partial charge in [0.25, 0.3) is 11.5 Å². The maximum atomic E-state index is 12.2. The van der Waals surface area contributed by atoms with E-state index in [9.17, 15) is 14.7 Å². The van der Waals surface area contributed by atoms with Crippen molar-refractivity contribution >= 4 is 22.2 Å². The number of hydrogen-bond donors (Lipinski definition) is 2. The topological polar surface area (TPSA) is 83.7 Å². The van der Waals surface area contributed by atoms with Crippen molar-refractivity contribution in [1.82, 2.24) is 14.7 Å².